The van der Waals surface area contributed by atoms with E-state index in [0.717, 1.165) is 0 Å². The zero-order chi connectivity index (χ0) is 15.5. The van der Waals surface area contributed by atoms with Crippen molar-refractivity contribution >= 4 is 48.8 Å². The molecular formula is C21H20Te. The SMILES string of the molecule is Cc1ccc2c([te]c3cc4ccccc4cc32)c1C(C)(C)C. The van der Waals surface area contributed by atoms with Crippen molar-refractivity contribution in [1.82, 2.24) is 0 Å². The van der Waals surface area contributed by atoms with Crippen LogP contribution in [0.15, 0.2) is 48.5 Å². The Balaban J connectivity index is 2.20. The monoisotopic (exact) mass is 402 g/mol. The van der Waals surface area contributed by atoms with Gasteiger partial charge in [0.1, 0.15) is 0 Å². The summed E-state index contributed by atoms with van der Waals surface area (Å²) >= 11 is -0.286. The molecule has 0 bridgehead atoms. The van der Waals surface area contributed by atoms with Crippen LogP contribution in [0, 0.1) is 6.92 Å². The van der Waals surface area contributed by atoms with Gasteiger partial charge in [0.15, 0.2) is 0 Å². The van der Waals surface area contributed by atoms with Crippen molar-refractivity contribution in [3.63, 3.8) is 0 Å². The quantitative estimate of drug-likeness (QED) is 0.327. The number of aryl methyl sites for hydroxylation is 1. The summed E-state index contributed by atoms with van der Waals surface area (Å²) in [7, 11) is 0. The van der Waals surface area contributed by atoms with Crippen LogP contribution in [0.2, 0.25) is 0 Å². The van der Waals surface area contributed by atoms with Crippen LogP contribution in [-0.4, -0.2) is 20.4 Å². The minimum absolute atomic E-state index is 0.224. The first-order chi connectivity index (χ1) is 10.4. The molecule has 0 amide bonds. The first kappa shape index (κ1) is 14.3. The third kappa shape index (κ3) is 2.11. The number of benzene rings is 3. The molecule has 0 aliphatic heterocycles. The molecule has 1 heterocycles. The summed E-state index contributed by atoms with van der Waals surface area (Å²) in [5.74, 6) is 0. The fourth-order valence-electron chi connectivity index (χ4n) is 3.56. The second-order valence-corrected chi connectivity index (χ2v) is 10.2. The van der Waals surface area contributed by atoms with E-state index in [1.807, 2.05) is 0 Å². The van der Waals surface area contributed by atoms with Crippen molar-refractivity contribution in [3.05, 3.63) is 59.7 Å². The fourth-order valence-corrected chi connectivity index (χ4v) is 7.96. The molecule has 0 saturated heterocycles. The van der Waals surface area contributed by atoms with E-state index in [-0.39, 0.29) is 25.8 Å². The Bertz CT molecular complexity index is 1010. The molecule has 0 N–H and O–H groups in total. The van der Waals surface area contributed by atoms with Crippen LogP contribution in [0.3, 0.4) is 0 Å². The first-order valence-corrected chi connectivity index (χ1v) is 10.1. The van der Waals surface area contributed by atoms with Crippen molar-refractivity contribution in [2.45, 2.75) is 33.1 Å². The fraction of sp³-hybridized carbons (Fsp3) is 0.238. The summed E-state index contributed by atoms with van der Waals surface area (Å²) in [6, 6.07) is 18.3. The van der Waals surface area contributed by atoms with Crippen molar-refractivity contribution in [3.8, 4) is 0 Å². The molecule has 0 aliphatic carbocycles. The topological polar surface area (TPSA) is 0 Å². The number of hydrogen-bond acceptors (Lipinski definition) is 0. The molecule has 0 radical (unpaired) electrons. The van der Waals surface area contributed by atoms with Gasteiger partial charge in [-0.3, -0.25) is 0 Å². The average Bonchev–Trinajstić information content (AvgIpc) is 2.80. The maximum atomic E-state index is 2.44. The van der Waals surface area contributed by atoms with Crippen molar-refractivity contribution < 1.29 is 0 Å². The third-order valence-corrected chi connectivity index (χ3v) is 7.85. The molecule has 0 unspecified atom stereocenters. The molecule has 110 valence electrons. The van der Waals surface area contributed by atoms with Gasteiger partial charge in [-0.2, -0.15) is 0 Å². The van der Waals surface area contributed by atoms with Crippen molar-refractivity contribution in [2.75, 3.05) is 0 Å². The van der Waals surface area contributed by atoms with Gasteiger partial charge in [-0.1, -0.05) is 0 Å². The van der Waals surface area contributed by atoms with Gasteiger partial charge < -0.3 is 0 Å². The van der Waals surface area contributed by atoms with Crippen LogP contribution in [0.5, 0.6) is 0 Å². The van der Waals surface area contributed by atoms with Gasteiger partial charge in [0.25, 0.3) is 0 Å². The Labute approximate surface area is 141 Å². The molecule has 0 fully saturated rings. The van der Waals surface area contributed by atoms with Gasteiger partial charge >= 0.3 is 142 Å². The summed E-state index contributed by atoms with van der Waals surface area (Å²) in [5, 5.41) is 5.73. The first-order valence-electron chi connectivity index (χ1n) is 7.80. The van der Waals surface area contributed by atoms with E-state index in [4.69, 9.17) is 0 Å². The normalized spacial score (nSPS) is 12.5. The molecule has 0 nitrogen and oxygen atoms in total. The van der Waals surface area contributed by atoms with Crippen molar-refractivity contribution in [1.29, 1.82) is 0 Å². The van der Waals surface area contributed by atoms with E-state index in [9.17, 15) is 0 Å². The predicted molar refractivity (Wildman–Crippen MR) is 99.3 cm³/mol. The molecule has 22 heavy (non-hydrogen) atoms. The number of hydrogen-bond donors (Lipinski definition) is 0. The van der Waals surface area contributed by atoms with Crippen LogP contribution < -0.4 is 0 Å². The zero-order valence-electron chi connectivity index (χ0n) is 13.5. The molecule has 4 rings (SSSR count). The Hall–Kier alpha value is -1.29. The Morgan fingerprint density at radius 3 is 2.18 bits per heavy atom. The average molecular weight is 400 g/mol. The molecule has 4 aromatic rings. The van der Waals surface area contributed by atoms with E-state index >= 15 is 0 Å². The predicted octanol–water partition coefficient (Wildman–Crippen LogP) is 5.81. The van der Waals surface area contributed by atoms with Crippen molar-refractivity contribution in [2.24, 2.45) is 0 Å². The van der Waals surface area contributed by atoms with Gasteiger partial charge in [-0.05, 0) is 0 Å². The van der Waals surface area contributed by atoms with E-state index in [1.165, 1.54) is 27.1 Å². The number of rotatable bonds is 0. The zero-order valence-corrected chi connectivity index (χ0v) is 15.9. The van der Waals surface area contributed by atoms with E-state index < -0.39 is 0 Å². The van der Waals surface area contributed by atoms with Crippen LogP contribution in [0.25, 0.3) is 28.3 Å². The van der Waals surface area contributed by atoms with Gasteiger partial charge in [0.05, 0.1) is 0 Å². The third-order valence-electron chi connectivity index (χ3n) is 4.47. The molecule has 0 aliphatic rings. The second kappa shape index (κ2) is 4.85. The Morgan fingerprint density at radius 1 is 0.818 bits per heavy atom. The summed E-state index contributed by atoms with van der Waals surface area (Å²) in [6.45, 7) is 9.32. The van der Waals surface area contributed by atoms with E-state index in [2.05, 4.69) is 76.2 Å². The molecule has 0 spiro atoms. The Morgan fingerprint density at radius 2 is 1.50 bits per heavy atom. The minimum atomic E-state index is -0.286. The van der Waals surface area contributed by atoms with E-state index in [0.29, 0.717) is 0 Å². The van der Waals surface area contributed by atoms with Crippen LogP contribution in [0.1, 0.15) is 31.9 Å². The molecular weight excluding hydrogens is 380 g/mol. The molecule has 0 saturated carbocycles. The molecule has 0 atom stereocenters. The van der Waals surface area contributed by atoms with Gasteiger partial charge in [-0.25, -0.2) is 0 Å². The van der Waals surface area contributed by atoms with Gasteiger partial charge in [-0.15, -0.1) is 0 Å². The molecule has 1 heteroatoms. The van der Waals surface area contributed by atoms with E-state index in [1.54, 1.807) is 12.4 Å². The second-order valence-electron chi connectivity index (χ2n) is 7.18. The summed E-state index contributed by atoms with van der Waals surface area (Å²) < 4.78 is 3.28. The standard InChI is InChI=1S/C21H20Te/c1-13-9-10-16-17-11-14-7-5-6-8-15(14)12-18(17)22-20(16)19(13)21(2,3)4/h5-12H,1-4H3. The Kier molecular flexibility index (Phi) is 3.16. The summed E-state index contributed by atoms with van der Waals surface area (Å²) in [4.78, 5) is 0. The summed E-state index contributed by atoms with van der Waals surface area (Å²) in [5.41, 5.74) is 3.27. The van der Waals surface area contributed by atoms with Gasteiger partial charge in [0.2, 0.25) is 0 Å². The number of fused-ring (bicyclic) bond motifs is 4. The van der Waals surface area contributed by atoms with Crippen LogP contribution >= 0.6 is 0 Å². The maximum absolute atomic E-state index is 2.44. The van der Waals surface area contributed by atoms with Crippen LogP contribution in [-0.2, 0) is 5.41 Å². The molecule has 1 aromatic heterocycles. The van der Waals surface area contributed by atoms with Gasteiger partial charge in [0, 0.05) is 0 Å². The van der Waals surface area contributed by atoms with Crippen LogP contribution in [0.4, 0.5) is 0 Å². The molecule has 3 aromatic carbocycles. The summed E-state index contributed by atoms with van der Waals surface area (Å²) in [6.07, 6.45) is 0.